The summed E-state index contributed by atoms with van der Waals surface area (Å²) in [6.07, 6.45) is 1.02. The molecule has 1 aliphatic heterocycles. The Balaban J connectivity index is 2.10. The Bertz CT molecular complexity index is 633. The number of hydrogen-bond donors (Lipinski definition) is 1. The Kier molecular flexibility index (Phi) is 4.15. The molecule has 98 valence electrons. The lowest BCUT2D eigenvalue weighted by Crippen LogP contribution is -2.25. The van der Waals surface area contributed by atoms with Crippen LogP contribution < -0.4 is 5.43 Å². The summed E-state index contributed by atoms with van der Waals surface area (Å²) in [5.74, 6) is -0.0850. The zero-order valence-electron chi connectivity index (χ0n) is 10.4. The first-order valence-corrected chi connectivity index (χ1v) is 5.89. The van der Waals surface area contributed by atoms with E-state index < -0.39 is 6.04 Å². The van der Waals surface area contributed by atoms with Gasteiger partial charge in [0.05, 0.1) is 11.4 Å². The maximum Gasteiger partial charge on any atom is 0.242 e. The van der Waals surface area contributed by atoms with Crippen LogP contribution in [0.4, 0.5) is 5.69 Å². The zero-order chi connectivity index (χ0) is 14.4. The standard InChI is InChI=1S/C13H10N6O/c14-7-11(8-15)17-16-10-3-1-9(2-4-10)12-5-6-13(20)19-18-12/h1-4,11H,5-6H2,(H,19,20). The Morgan fingerprint density at radius 3 is 2.45 bits per heavy atom. The van der Waals surface area contributed by atoms with Gasteiger partial charge in [-0.05, 0) is 17.7 Å². The molecule has 0 saturated heterocycles. The average Bonchev–Trinajstić information content (AvgIpc) is 2.50. The Morgan fingerprint density at radius 2 is 1.90 bits per heavy atom. The Hall–Kier alpha value is -3.06. The van der Waals surface area contributed by atoms with Crippen LogP contribution in [0.2, 0.25) is 0 Å². The average molecular weight is 266 g/mol. The molecule has 0 unspecified atom stereocenters. The molecule has 1 heterocycles. The Morgan fingerprint density at radius 1 is 1.20 bits per heavy atom. The molecule has 1 aliphatic rings. The highest BCUT2D eigenvalue weighted by Crippen LogP contribution is 2.17. The van der Waals surface area contributed by atoms with Crippen LogP contribution in [-0.2, 0) is 4.79 Å². The van der Waals surface area contributed by atoms with E-state index in [1.807, 2.05) is 0 Å². The van der Waals surface area contributed by atoms with E-state index in [9.17, 15) is 4.79 Å². The van der Waals surface area contributed by atoms with E-state index >= 15 is 0 Å². The number of rotatable bonds is 3. The number of nitrogens with zero attached hydrogens (tertiary/aromatic N) is 5. The topological polar surface area (TPSA) is 114 Å². The lowest BCUT2D eigenvalue weighted by molar-refractivity contribution is -0.121. The SMILES string of the molecule is N#CC(C#N)N=Nc1ccc(C2=NNC(=O)CC2)cc1. The number of nitrogens with one attached hydrogen (secondary N) is 1. The number of carbonyl (C=O) groups is 1. The summed E-state index contributed by atoms with van der Waals surface area (Å²) in [5, 5.41) is 28.5. The third kappa shape index (κ3) is 3.24. The molecule has 0 aliphatic carbocycles. The lowest BCUT2D eigenvalue weighted by atomic mass is 10.0. The van der Waals surface area contributed by atoms with Gasteiger partial charge < -0.3 is 0 Å². The van der Waals surface area contributed by atoms with Crippen molar-refractivity contribution in [2.45, 2.75) is 18.9 Å². The summed E-state index contributed by atoms with van der Waals surface area (Å²) in [5.41, 5.74) is 4.68. The highest BCUT2D eigenvalue weighted by molar-refractivity contribution is 6.04. The highest BCUT2D eigenvalue weighted by Gasteiger charge is 2.12. The van der Waals surface area contributed by atoms with Gasteiger partial charge in [-0.2, -0.15) is 25.9 Å². The van der Waals surface area contributed by atoms with E-state index in [0.29, 0.717) is 18.5 Å². The Labute approximate surface area is 115 Å². The van der Waals surface area contributed by atoms with Gasteiger partial charge in [0.2, 0.25) is 11.9 Å². The molecule has 0 bridgehead atoms. The van der Waals surface area contributed by atoms with Gasteiger partial charge in [-0.3, -0.25) is 4.79 Å². The van der Waals surface area contributed by atoms with Gasteiger partial charge in [0, 0.05) is 12.8 Å². The maximum atomic E-state index is 11.0. The second-order valence-electron chi connectivity index (χ2n) is 4.02. The van der Waals surface area contributed by atoms with E-state index in [4.69, 9.17) is 10.5 Å². The molecule has 0 spiro atoms. The molecule has 0 fully saturated rings. The maximum absolute atomic E-state index is 11.0. The number of hydrazone groups is 1. The molecule has 0 radical (unpaired) electrons. The summed E-state index contributed by atoms with van der Waals surface area (Å²) < 4.78 is 0. The minimum Gasteiger partial charge on any atom is -0.273 e. The summed E-state index contributed by atoms with van der Waals surface area (Å²) in [6, 6.07) is 9.36. The molecule has 1 aromatic carbocycles. The summed E-state index contributed by atoms with van der Waals surface area (Å²) in [6.45, 7) is 0. The van der Waals surface area contributed by atoms with E-state index in [0.717, 1.165) is 11.3 Å². The first-order chi connectivity index (χ1) is 9.72. The predicted molar refractivity (Wildman–Crippen MR) is 69.9 cm³/mol. The molecule has 0 atom stereocenters. The highest BCUT2D eigenvalue weighted by atomic mass is 16.2. The number of azo groups is 1. The number of nitriles is 2. The van der Waals surface area contributed by atoms with Crippen LogP contribution in [0, 0.1) is 22.7 Å². The van der Waals surface area contributed by atoms with Crippen molar-refractivity contribution >= 4 is 17.3 Å². The van der Waals surface area contributed by atoms with E-state index in [1.54, 1.807) is 36.4 Å². The van der Waals surface area contributed by atoms with Crippen molar-refractivity contribution in [3.63, 3.8) is 0 Å². The van der Waals surface area contributed by atoms with Gasteiger partial charge in [0.15, 0.2) is 0 Å². The first-order valence-electron chi connectivity index (χ1n) is 5.89. The molecule has 1 N–H and O–H groups in total. The molecule has 0 saturated carbocycles. The number of amides is 1. The molecule has 20 heavy (non-hydrogen) atoms. The van der Waals surface area contributed by atoms with Gasteiger partial charge in [0.25, 0.3) is 0 Å². The zero-order valence-corrected chi connectivity index (χ0v) is 10.4. The molecule has 0 aromatic heterocycles. The summed E-state index contributed by atoms with van der Waals surface area (Å²) >= 11 is 0. The van der Waals surface area contributed by atoms with Crippen molar-refractivity contribution in [2.24, 2.45) is 15.3 Å². The van der Waals surface area contributed by atoms with Gasteiger partial charge in [0.1, 0.15) is 12.1 Å². The largest absolute Gasteiger partial charge is 0.273 e. The number of hydrogen-bond acceptors (Lipinski definition) is 6. The lowest BCUT2D eigenvalue weighted by Gasteiger charge is -2.11. The second-order valence-corrected chi connectivity index (χ2v) is 4.02. The molecule has 1 amide bonds. The van der Waals surface area contributed by atoms with Crippen molar-refractivity contribution < 1.29 is 4.79 Å². The van der Waals surface area contributed by atoms with Gasteiger partial charge in [-0.15, -0.1) is 0 Å². The molecule has 7 heteroatoms. The van der Waals surface area contributed by atoms with Crippen LogP contribution in [-0.4, -0.2) is 17.7 Å². The second kappa shape index (κ2) is 6.21. The minimum atomic E-state index is -1.09. The van der Waals surface area contributed by atoms with Gasteiger partial charge in [-0.1, -0.05) is 12.1 Å². The first kappa shape index (κ1) is 13.4. The molecular weight excluding hydrogens is 256 g/mol. The van der Waals surface area contributed by atoms with E-state index in [1.165, 1.54) is 0 Å². The van der Waals surface area contributed by atoms with Crippen LogP contribution in [0.1, 0.15) is 18.4 Å². The van der Waals surface area contributed by atoms with Gasteiger partial charge >= 0.3 is 0 Å². The van der Waals surface area contributed by atoms with E-state index in [-0.39, 0.29) is 5.91 Å². The van der Waals surface area contributed by atoms with Crippen molar-refractivity contribution in [3.8, 4) is 12.1 Å². The normalized spacial score (nSPS) is 14.6. The number of carbonyl (C=O) groups excluding carboxylic acids is 1. The van der Waals surface area contributed by atoms with Crippen molar-refractivity contribution in [1.29, 1.82) is 10.5 Å². The molecule has 1 aromatic rings. The molecular formula is C13H10N6O. The third-order valence-electron chi connectivity index (χ3n) is 2.64. The van der Waals surface area contributed by atoms with E-state index in [2.05, 4.69) is 20.8 Å². The van der Waals surface area contributed by atoms with Crippen LogP contribution in [0.15, 0.2) is 39.6 Å². The van der Waals surface area contributed by atoms with Crippen LogP contribution in [0.25, 0.3) is 0 Å². The summed E-state index contributed by atoms with van der Waals surface area (Å²) in [4.78, 5) is 11.0. The van der Waals surface area contributed by atoms with Gasteiger partial charge in [-0.25, -0.2) is 5.43 Å². The quantitative estimate of drug-likeness (QED) is 0.841. The van der Waals surface area contributed by atoms with Crippen molar-refractivity contribution in [1.82, 2.24) is 5.43 Å². The van der Waals surface area contributed by atoms with Crippen LogP contribution >= 0.6 is 0 Å². The van der Waals surface area contributed by atoms with Crippen molar-refractivity contribution in [2.75, 3.05) is 0 Å². The predicted octanol–water partition coefficient (Wildman–Crippen LogP) is 1.80. The fraction of sp³-hybridized carbons (Fsp3) is 0.231. The number of benzene rings is 1. The monoisotopic (exact) mass is 266 g/mol. The van der Waals surface area contributed by atoms with Crippen LogP contribution in [0.3, 0.4) is 0 Å². The molecule has 2 rings (SSSR count). The minimum absolute atomic E-state index is 0.0850. The van der Waals surface area contributed by atoms with Crippen LogP contribution in [0.5, 0.6) is 0 Å². The van der Waals surface area contributed by atoms with Crippen molar-refractivity contribution in [3.05, 3.63) is 29.8 Å². The smallest absolute Gasteiger partial charge is 0.242 e. The summed E-state index contributed by atoms with van der Waals surface area (Å²) in [7, 11) is 0. The molecule has 7 nitrogen and oxygen atoms in total. The third-order valence-corrected chi connectivity index (χ3v) is 2.64. The fourth-order valence-electron chi connectivity index (χ4n) is 1.61. The fourth-order valence-corrected chi connectivity index (χ4v) is 1.61.